The minimum atomic E-state index is -4.19. The van der Waals surface area contributed by atoms with Crippen molar-refractivity contribution in [2.24, 2.45) is 0 Å². The largest absolute Gasteiger partial charge is 0.352 e. The van der Waals surface area contributed by atoms with Gasteiger partial charge in [-0.2, -0.15) is 0 Å². The van der Waals surface area contributed by atoms with Crippen molar-refractivity contribution in [2.75, 3.05) is 10.8 Å². The number of nitrogens with one attached hydrogen (secondary N) is 1. The Labute approximate surface area is 273 Å². The molecule has 4 aromatic carbocycles. The molecule has 1 atom stereocenters. The fraction of sp³-hybridized carbons (Fsp3) is 0.235. The van der Waals surface area contributed by atoms with Crippen LogP contribution in [-0.4, -0.2) is 43.8 Å². The molecule has 0 saturated carbocycles. The third-order valence-corrected chi connectivity index (χ3v) is 9.75. The lowest BCUT2D eigenvalue weighted by Crippen LogP contribution is -2.54. The van der Waals surface area contributed by atoms with Crippen molar-refractivity contribution < 1.29 is 18.0 Å². The van der Waals surface area contributed by atoms with E-state index in [2.05, 4.69) is 21.2 Å². The third-order valence-electron chi connectivity index (χ3n) is 7.02. The summed E-state index contributed by atoms with van der Waals surface area (Å²) >= 11 is 9.88. The minimum absolute atomic E-state index is 0.0299. The van der Waals surface area contributed by atoms with E-state index in [1.807, 2.05) is 75.4 Å². The molecule has 0 heterocycles. The maximum absolute atomic E-state index is 14.4. The smallest absolute Gasteiger partial charge is 0.264 e. The number of carbonyl (C=O) groups excluding carboxylic acids is 2. The van der Waals surface area contributed by atoms with Crippen molar-refractivity contribution in [3.8, 4) is 0 Å². The number of hydrogen-bond donors (Lipinski definition) is 1. The van der Waals surface area contributed by atoms with Gasteiger partial charge in [0.15, 0.2) is 0 Å². The summed E-state index contributed by atoms with van der Waals surface area (Å²) in [5, 5.41) is 3.33. The van der Waals surface area contributed by atoms with E-state index in [1.54, 1.807) is 30.3 Å². The molecule has 0 aromatic heterocycles. The molecule has 230 valence electrons. The quantitative estimate of drug-likeness (QED) is 0.177. The van der Waals surface area contributed by atoms with Gasteiger partial charge in [0.1, 0.15) is 12.6 Å². The van der Waals surface area contributed by atoms with Crippen LogP contribution in [0.25, 0.3) is 0 Å². The van der Waals surface area contributed by atoms with Gasteiger partial charge >= 0.3 is 0 Å². The van der Waals surface area contributed by atoms with Gasteiger partial charge in [0.05, 0.1) is 10.6 Å². The van der Waals surface area contributed by atoms with Crippen LogP contribution in [0, 0.1) is 6.92 Å². The molecule has 0 spiro atoms. The maximum Gasteiger partial charge on any atom is 0.264 e. The minimum Gasteiger partial charge on any atom is -0.352 e. The van der Waals surface area contributed by atoms with Crippen LogP contribution in [0.15, 0.2) is 112 Å². The van der Waals surface area contributed by atoms with Crippen molar-refractivity contribution in [2.45, 2.75) is 50.7 Å². The second kappa shape index (κ2) is 14.9. The molecule has 0 fully saturated rings. The third kappa shape index (κ3) is 8.49. The first-order chi connectivity index (χ1) is 21.0. The molecule has 0 radical (unpaired) electrons. The van der Waals surface area contributed by atoms with E-state index in [9.17, 15) is 18.0 Å². The Balaban J connectivity index is 1.81. The summed E-state index contributed by atoms with van der Waals surface area (Å²) in [4.78, 5) is 29.7. The van der Waals surface area contributed by atoms with Gasteiger partial charge in [-0.1, -0.05) is 94.3 Å². The number of nitrogens with zero attached hydrogens (tertiary/aromatic N) is 2. The average molecular weight is 697 g/mol. The number of benzene rings is 4. The Morgan fingerprint density at radius 1 is 0.864 bits per heavy atom. The normalized spacial score (nSPS) is 12.0. The zero-order valence-electron chi connectivity index (χ0n) is 24.8. The first-order valence-corrected chi connectivity index (χ1v) is 16.8. The monoisotopic (exact) mass is 695 g/mol. The van der Waals surface area contributed by atoms with Gasteiger partial charge in [-0.15, -0.1) is 0 Å². The number of sulfonamides is 1. The summed E-state index contributed by atoms with van der Waals surface area (Å²) in [6, 6.07) is 28.6. The predicted molar refractivity (Wildman–Crippen MR) is 179 cm³/mol. The summed E-state index contributed by atoms with van der Waals surface area (Å²) in [5.74, 6) is -0.867. The lowest BCUT2D eigenvalue weighted by Gasteiger charge is -2.34. The molecule has 0 saturated heterocycles. The van der Waals surface area contributed by atoms with Crippen LogP contribution >= 0.6 is 27.5 Å². The molecule has 7 nitrogen and oxygen atoms in total. The summed E-state index contributed by atoms with van der Waals surface area (Å²) < 4.78 is 30.0. The SMILES string of the molecule is Cc1ccc(N(CC(=O)N(Cc2ccc(Br)cc2)[C@@H](Cc2ccccc2)C(=O)NC(C)C)S(=O)(=O)c2ccccc2)cc1Cl. The Morgan fingerprint density at radius 3 is 2.07 bits per heavy atom. The molecule has 0 bridgehead atoms. The van der Waals surface area contributed by atoms with E-state index in [1.165, 1.54) is 23.1 Å². The van der Waals surface area contributed by atoms with Gasteiger partial charge < -0.3 is 10.2 Å². The van der Waals surface area contributed by atoms with Crippen LogP contribution in [0.5, 0.6) is 0 Å². The number of anilines is 1. The van der Waals surface area contributed by atoms with Crippen LogP contribution in [0.2, 0.25) is 5.02 Å². The molecule has 4 rings (SSSR count). The lowest BCUT2D eigenvalue weighted by atomic mass is 10.0. The summed E-state index contributed by atoms with van der Waals surface area (Å²) in [7, 11) is -4.19. The van der Waals surface area contributed by atoms with E-state index in [0.717, 1.165) is 25.5 Å². The number of aryl methyl sites for hydroxylation is 1. The van der Waals surface area contributed by atoms with E-state index < -0.39 is 28.5 Å². The molecule has 4 aromatic rings. The van der Waals surface area contributed by atoms with Crippen molar-refractivity contribution in [1.82, 2.24) is 10.2 Å². The molecule has 10 heteroatoms. The average Bonchev–Trinajstić information content (AvgIpc) is 3.00. The van der Waals surface area contributed by atoms with Crippen LogP contribution in [0.3, 0.4) is 0 Å². The highest BCUT2D eigenvalue weighted by Gasteiger charge is 2.35. The van der Waals surface area contributed by atoms with E-state index in [4.69, 9.17) is 11.6 Å². The zero-order valence-corrected chi connectivity index (χ0v) is 27.9. The Morgan fingerprint density at radius 2 is 1.48 bits per heavy atom. The van der Waals surface area contributed by atoms with Crippen LogP contribution in [0.1, 0.15) is 30.5 Å². The first kappa shape index (κ1) is 33.2. The van der Waals surface area contributed by atoms with E-state index in [-0.39, 0.29) is 35.5 Å². The zero-order chi connectivity index (χ0) is 31.9. The highest BCUT2D eigenvalue weighted by molar-refractivity contribution is 9.10. The Bertz CT molecular complexity index is 1690. The molecule has 44 heavy (non-hydrogen) atoms. The number of carbonyl (C=O) groups is 2. The van der Waals surface area contributed by atoms with Crippen LogP contribution in [0.4, 0.5) is 5.69 Å². The first-order valence-electron chi connectivity index (χ1n) is 14.2. The molecule has 2 amide bonds. The van der Waals surface area contributed by atoms with Crippen molar-refractivity contribution in [1.29, 1.82) is 0 Å². The van der Waals surface area contributed by atoms with E-state index >= 15 is 0 Å². The molecule has 0 aliphatic rings. The topological polar surface area (TPSA) is 86.8 Å². The molecule has 0 aliphatic carbocycles. The van der Waals surface area contributed by atoms with Gasteiger partial charge in [-0.3, -0.25) is 13.9 Å². The fourth-order valence-electron chi connectivity index (χ4n) is 4.71. The van der Waals surface area contributed by atoms with Gasteiger partial charge in [-0.05, 0) is 73.9 Å². The number of halogens is 2. The molecular formula is C34H35BrClN3O4S. The number of amides is 2. The predicted octanol–water partition coefficient (Wildman–Crippen LogP) is 6.77. The lowest BCUT2D eigenvalue weighted by molar-refractivity contribution is -0.140. The van der Waals surface area contributed by atoms with E-state index in [0.29, 0.717) is 5.02 Å². The van der Waals surface area contributed by atoms with Crippen LogP contribution < -0.4 is 9.62 Å². The van der Waals surface area contributed by atoms with Crippen LogP contribution in [-0.2, 0) is 32.6 Å². The summed E-state index contributed by atoms with van der Waals surface area (Å²) in [5.41, 5.74) is 2.66. The van der Waals surface area contributed by atoms with Crippen molar-refractivity contribution in [3.05, 3.63) is 129 Å². The number of rotatable bonds is 12. The second-order valence-electron chi connectivity index (χ2n) is 10.8. The van der Waals surface area contributed by atoms with Gasteiger partial charge in [0.25, 0.3) is 10.0 Å². The van der Waals surface area contributed by atoms with Crippen molar-refractivity contribution >= 4 is 55.1 Å². The molecule has 0 aliphatic heterocycles. The standard InChI is InChI=1S/C34H35BrClN3O4S/c1-24(2)37-34(41)32(20-26-10-6-4-7-11-26)38(22-27-15-17-28(35)18-16-27)33(40)23-39(29-19-14-25(3)31(36)21-29)44(42,43)30-12-8-5-9-13-30/h4-19,21,24,32H,20,22-23H2,1-3H3,(H,37,41)/t32-/m0/s1. The highest BCUT2D eigenvalue weighted by atomic mass is 79.9. The highest BCUT2D eigenvalue weighted by Crippen LogP contribution is 2.29. The fourth-order valence-corrected chi connectivity index (χ4v) is 6.57. The summed E-state index contributed by atoms with van der Waals surface area (Å²) in [6.07, 6.45) is 0.240. The van der Waals surface area contributed by atoms with Gasteiger partial charge in [0, 0.05) is 28.5 Å². The Kier molecular flexibility index (Phi) is 11.2. The summed E-state index contributed by atoms with van der Waals surface area (Å²) in [6.45, 7) is 5.06. The van der Waals surface area contributed by atoms with Gasteiger partial charge in [-0.25, -0.2) is 8.42 Å². The Hall–Kier alpha value is -3.66. The molecular weight excluding hydrogens is 662 g/mol. The van der Waals surface area contributed by atoms with Crippen molar-refractivity contribution in [3.63, 3.8) is 0 Å². The number of hydrogen-bond acceptors (Lipinski definition) is 4. The second-order valence-corrected chi connectivity index (χ2v) is 14.0. The molecule has 1 N–H and O–H groups in total. The molecule has 0 unspecified atom stereocenters. The maximum atomic E-state index is 14.4. The van der Waals surface area contributed by atoms with Gasteiger partial charge in [0.2, 0.25) is 11.8 Å².